The number of aryl methyl sites for hydroxylation is 1. The molecule has 0 saturated carbocycles. The van der Waals surface area contributed by atoms with Gasteiger partial charge in [-0.2, -0.15) is 0 Å². The number of hydrogen-bond acceptors (Lipinski definition) is 4. The van der Waals surface area contributed by atoms with Gasteiger partial charge in [0.1, 0.15) is 0 Å². The first-order chi connectivity index (χ1) is 12.1. The lowest BCUT2D eigenvalue weighted by Gasteiger charge is -2.21. The van der Waals surface area contributed by atoms with E-state index in [1.54, 1.807) is 18.1 Å². The Bertz CT molecular complexity index is 727. The molecule has 0 spiro atoms. The first-order valence-corrected chi connectivity index (χ1v) is 8.65. The molecule has 1 saturated heterocycles. The van der Waals surface area contributed by atoms with Gasteiger partial charge in [-0.15, -0.1) is 0 Å². The summed E-state index contributed by atoms with van der Waals surface area (Å²) in [5, 5.41) is 0. The van der Waals surface area contributed by atoms with E-state index in [1.807, 2.05) is 35.2 Å². The van der Waals surface area contributed by atoms with Gasteiger partial charge in [-0.1, -0.05) is 30.3 Å². The van der Waals surface area contributed by atoms with Crippen LogP contribution in [0, 0.1) is 0 Å². The van der Waals surface area contributed by atoms with E-state index in [0.717, 1.165) is 18.5 Å². The predicted molar refractivity (Wildman–Crippen MR) is 93.7 cm³/mol. The number of likely N-dealkylation sites (tertiary alicyclic amines) is 1. The fourth-order valence-electron chi connectivity index (χ4n) is 2.90. The van der Waals surface area contributed by atoms with Crippen molar-refractivity contribution in [3.8, 4) is 11.3 Å². The highest BCUT2D eigenvalue weighted by Crippen LogP contribution is 2.20. The van der Waals surface area contributed by atoms with Gasteiger partial charge >= 0.3 is 0 Å². The van der Waals surface area contributed by atoms with Gasteiger partial charge in [0.15, 0.2) is 11.7 Å². The van der Waals surface area contributed by atoms with Crippen LogP contribution in [0.5, 0.6) is 0 Å². The molecular weight excluding hydrogens is 318 g/mol. The molecular formula is C19H23N3O3. The molecule has 1 fully saturated rings. The van der Waals surface area contributed by atoms with E-state index < -0.39 is 0 Å². The van der Waals surface area contributed by atoms with E-state index in [0.29, 0.717) is 44.0 Å². The monoisotopic (exact) mass is 341 g/mol. The number of oxazole rings is 1. The third-order valence-electron chi connectivity index (χ3n) is 4.47. The fourth-order valence-corrected chi connectivity index (χ4v) is 2.90. The zero-order valence-corrected chi connectivity index (χ0v) is 14.5. The Kier molecular flexibility index (Phi) is 5.48. The second-order valence-electron chi connectivity index (χ2n) is 6.28. The Hall–Kier alpha value is -2.63. The highest BCUT2D eigenvalue weighted by Gasteiger charge is 2.20. The van der Waals surface area contributed by atoms with E-state index in [4.69, 9.17) is 4.42 Å². The number of carbonyl (C=O) groups is 2. The summed E-state index contributed by atoms with van der Waals surface area (Å²) in [4.78, 5) is 31.6. The van der Waals surface area contributed by atoms with Gasteiger partial charge in [-0.3, -0.25) is 9.59 Å². The van der Waals surface area contributed by atoms with Crippen LogP contribution < -0.4 is 0 Å². The van der Waals surface area contributed by atoms with Gasteiger partial charge in [-0.05, 0) is 6.42 Å². The summed E-state index contributed by atoms with van der Waals surface area (Å²) in [6, 6.07) is 9.76. The molecule has 2 heterocycles. The molecule has 1 aliphatic rings. The van der Waals surface area contributed by atoms with Crippen molar-refractivity contribution in [1.29, 1.82) is 0 Å². The molecule has 1 aliphatic heterocycles. The molecule has 0 radical (unpaired) electrons. The summed E-state index contributed by atoms with van der Waals surface area (Å²) >= 11 is 0. The molecule has 1 aromatic heterocycles. The van der Waals surface area contributed by atoms with Crippen molar-refractivity contribution in [1.82, 2.24) is 14.8 Å². The average molecular weight is 341 g/mol. The lowest BCUT2D eigenvalue weighted by molar-refractivity contribution is -0.132. The molecule has 0 atom stereocenters. The second-order valence-corrected chi connectivity index (χ2v) is 6.28. The SMILES string of the molecule is CN(CCN1CCCC1=O)C(=O)CCc1ncc(-c2ccccc2)o1. The van der Waals surface area contributed by atoms with Crippen LogP contribution in [0.15, 0.2) is 40.9 Å². The predicted octanol–water partition coefficient (Wildman–Crippen LogP) is 2.35. The Morgan fingerprint density at radius 3 is 2.84 bits per heavy atom. The number of hydrogen-bond donors (Lipinski definition) is 0. The lowest BCUT2D eigenvalue weighted by atomic mass is 10.2. The zero-order chi connectivity index (χ0) is 17.6. The van der Waals surface area contributed by atoms with Crippen LogP contribution in [-0.2, 0) is 16.0 Å². The van der Waals surface area contributed by atoms with E-state index >= 15 is 0 Å². The van der Waals surface area contributed by atoms with Crippen LogP contribution in [0.3, 0.4) is 0 Å². The molecule has 0 unspecified atom stereocenters. The van der Waals surface area contributed by atoms with Gasteiger partial charge in [0, 0.05) is 51.5 Å². The Morgan fingerprint density at radius 2 is 2.12 bits per heavy atom. The van der Waals surface area contributed by atoms with E-state index in [2.05, 4.69) is 4.98 Å². The van der Waals surface area contributed by atoms with Crippen molar-refractivity contribution in [3.05, 3.63) is 42.4 Å². The summed E-state index contributed by atoms with van der Waals surface area (Å²) in [6.45, 7) is 1.98. The van der Waals surface area contributed by atoms with Crippen LogP contribution in [0.1, 0.15) is 25.2 Å². The summed E-state index contributed by atoms with van der Waals surface area (Å²) < 4.78 is 5.72. The molecule has 6 heteroatoms. The minimum absolute atomic E-state index is 0.0334. The van der Waals surface area contributed by atoms with E-state index in [1.165, 1.54) is 0 Å². The van der Waals surface area contributed by atoms with Crippen molar-refractivity contribution < 1.29 is 14.0 Å². The molecule has 2 aromatic rings. The zero-order valence-electron chi connectivity index (χ0n) is 14.5. The van der Waals surface area contributed by atoms with Crippen molar-refractivity contribution in [2.24, 2.45) is 0 Å². The quantitative estimate of drug-likeness (QED) is 0.775. The van der Waals surface area contributed by atoms with Crippen molar-refractivity contribution in [2.45, 2.75) is 25.7 Å². The number of nitrogens with zero attached hydrogens (tertiary/aromatic N) is 3. The fraction of sp³-hybridized carbons (Fsp3) is 0.421. The Labute approximate surface area is 147 Å². The molecule has 132 valence electrons. The Balaban J connectivity index is 1.45. The lowest BCUT2D eigenvalue weighted by Crippen LogP contribution is -2.36. The van der Waals surface area contributed by atoms with Crippen LogP contribution in [0.2, 0.25) is 0 Å². The van der Waals surface area contributed by atoms with Crippen LogP contribution >= 0.6 is 0 Å². The maximum Gasteiger partial charge on any atom is 0.222 e. The topological polar surface area (TPSA) is 66.7 Å². The first kappa shape index (κ1) is 17.2. The highest BCUT2D eigenvalue weighted by molar-refractivity contribution is 5.78. The molecule has 6 nitrogen and oxygen atoms in total. The third-order valence-corrected chi connectivity index (χ3v) is 4.47. The van der Waals surface area contributed by atoms with Crippen LogP contribution in [0.25, 0.3) is 11.3 Å². The molecule has 3 rings (SSSR count). The second kappa shape index (κ2) is 7.96. The van der Waals surface area contributed by atoms with Gasteiger partial charge in [0.05, 0.1) is 6.20 Å². The molecule has 0 N–H and O–H groups in total. The Morgan fingerprint density at radius 1 is 1.32 bits per heavy atom. The minimum atomic E-state index is 0.0334. The number of aromatic nitrogens is 1. The first-order valence-electron chi connectivity index (χ1n) is 8.65. The molecule has 1 aromatic carbocycles. The maximum atomic E-state index is 12.2. The van der Waals surface area contributed by atoms with Crippen LogP contribution in [0.4, 0.5) is 0 Å². The standard InChI is InChI=1S/C19H23N3O3/c1-21(12-13-22-11-5-8-19(22)24)18(23)10-9-17-20-14-16(25-17)15-6-3-2-4-7-15/h2-4,6-7,14H,5,8-13H2,1H3. The number of amides is 2. The van der Waals surface area contributed by atoms with Gasteiger partial charge in [0.2, 0.25) is 11.8 Å². The van der Waals surface area contributed by atoms with E-state index in [-0.39, 0.29) is 11.8 Å². The van der Waals surface area contributed by atoms with Crippen LogP contribution in [-0.4, -0.2) is 53.3 Å². The van der Waals surface area contributed by atoms with Gasteiger partial charge in [-0.25, -0.2) is 4.98 Å². The largest absolute Gasteiger partial charge is 0.441 e. The smallest absolute Gasteiger partial charge is 0.222 e. The van der Waals surface area contributed by atoms with Crippen molar-refractivity contribution in [2.75, 3.05) is 26.7 Å². The number of carbonyl (C=O) groups excluding carboxylic acids is 2. The summed E-state index contributed by atoms with van der Waals surface area (Å²) in [6.07, 6.45) is 4.06. The van der Waals surface area contributed by atoms with Crippen molar-refractivity contribution in [3.63, 3.8) is 0 Å². The number of benzene rings is 1. The molecule has 25 heavy (non-hydrogen) atoms. The molecule has 0 bridgehead atoms. The summed E-state index contributed by atoms with van der Waals surface area (Å²) in [5.41, 5.74) is 0.972. The van der Waals surface area contributed by atoms with E-state index in [9.17, 15) is 9.59 Å². The maximum absolute atomic E-state index is 12.2. The minimum Gasteiger partial charge on any atom is -0.441 e. The molecule has 0 aliphatic carbocycles. The average Bonchev–Trinajstić information content (AvgIpc) is 3.27. The molecule has 2 amide bonds. The summed E-state index contributed by atoms with van der Waals surface area (Å²) in [5.74, 6) is 1.50. The van der Waals surface area contributed by atoms with Crippen molar-refractivity contribution >= 4 is 11.8 Å². The third kappa shape index (κ3) is 4.47. The van der Waals surface area contributed by atoms with Gasteiger partial charge in [0.25, 0.3) is 0 Å². The normalized spacial score (nSPS) is 14.1. The highest BCUT2D eigenvalue weighted by atomic mass is 16.4. The van der Waals surface area contributed by atoms with Gasteiger partial charge < -0.3 is 14.2 Å². The number of likely N-dealkylation sites (N-methyl/N-ethyl adjacent to an activating group) is 1. The number of rotatable bonds is 7. The summed E-state index contributed by atoms with van der Waals surface area (Å²) in [7, 11) is 1.77.